The van der Waals surface area contributed by atoms with Crippen molar-refractivity contribution in [3.05, 3.63) is 21.6 Å². The Hall–Kier alpha value is -1.47. The summed E-state index contributed by atoms with van der Waals surface area (Å²) < 4.78 is 12.4. The lowest BCUT2D eigenvalue weighted by Gasteiger charge is -2.40. The molecular weight excluding hydrogens is 422 g/mol. The van der Waals surface area contributed by atoms with E-state index in [-0.39, 0.29) is 18.2 Å². The van der Waals surface area contributed by atoms with Crippen LogP contribution in [0.5, 0.6) is 0 Å². The number of oxazole rings is 1. The molecule has 1 aromatic heterocycles. The number of benzene rings is 1. The lowest BCUT2D eigenvalue weighted by atomic mass is 10.2. The van der Waals surface area contributed by atoms with Gasteiger partial charge in [0.25, 0.3) is 6.01 Å². The Morgan fingerprint density at radius 1 is 1.31 bits per heavy atom. The molecule has 4 rings (SSSR count). The van der Waals surface area contributed by atoms with E-state index in [0.717, 1.165) is 17.3 Å². The van der Waals surface area contributed by atoms with Crippen molar-refractivity contribution in [2.45, 2.75) is 51.3 Å². The zero-order chi connectivity index (χ0) is 18.6. The molecule has 2 fully saturated rings. The number of fused-ring (bicyclic) bond motifs is 3. The van der Waals surface area contributed by atoms with Crippen LogP contribution in [-0.2, 0) is 4.74 Å². The Morgan fingerprint density at radius 2 is 1.96 bits per heavy atom. The predicted molar refractivity (Wildman–Crippen MR) is 104 cm³/mol. The van der Waals surface area contributed by atoms with Gasteiger partial charge in [-0.1, -0.05) is 11.6 Å². The van der Waals surface area contributed by atoms with Crippen LogP contribution in [0.1, 0.15) is 33.6 Å². The topological polar surface area (TPSA) is 58.8 Å². The minimum Gasteiger partial charge on any atom is -0.444 e. The van der Waals surface area contributed by atoms with E-state index in [1.165, 1.54) is 0 Å². The first-order valence-electron chi connectivity index (χ1n) is 8.74. The van der Waals surface area contributed by atoms with Crippen LogP contribution in [0.3, 0.4) is 0 Å². The minimum atomic E-state index is -0.489. The number of hydrogen-bond acceptors (Lipinski definition) is 5. The summed E-state index contributed by atoms with van der Waals surface area (Å²) in [6.07, 6.45) is 1.70. The van der Waals surface area contributed by atoms with Crippen molar-refractivity contribution in [2.24, 2.45) is 0 Å². The summed E-state index contributed by atoms with van der Waals surface area (Å²) in [5.74, 6) is 0. The van der Waals surface area contributed by atoms with Crippen LogP contribution in [0.15, 0.2) is 21.0 Å². The van der Waals surface area contributed by atoms with Crippen molar-refractivity contribution in [1.82, 2.24) is 9.88 Å². The highest BCUT2D eigenvalue weighted by atomic mass is 79.9. The van der Waals surface area contributed by atoms with Gasteiger partial charge in [0.1, 0.15) is 11.1 Å². The number of anilines is 1. The van der Waals surface area contributed by atoms with E-state index in [0.29, 0.717) is 35.2 Å². The zero-order valence-corrected chi connectivity index (χ0v) is 17.3. The summed E-state index contributed by atoms with van der Waals surface area (Å²) in [6.45, 7) is 7.03. The van der Waals surface area contributed by atoms with Crippen LogP contribution < -0.4 is 4.90 Å². The molecule has 0 radical (unpaired) electrons. The number of nitrogens with zero attached hydrogens (tertiary/aromatic N) is 3. The van der Waals surface area contributed by atoms with Gasteiger partial charge < -0.3 is 14.1 Å². The molecule has 2 aliphatic heterocycles. The van der Waals surface area contributed by atoms with E-state index in [4.69, 9.17) is 20.8 Å². The second kappa shape index (κ2) is 6.30. The molecule has 0 saturated carbocycles. The molecular formula is C18H21BrClN3O3. The Morgan fingerprint density at radius 3 is 2.54 bits per heavy atom. The molecule has 2 bridgehead atoms. The molecule has 0 aliphatic carbocycles. The molecule has 1 aromatic carbocycles. The van der Waals surface area contributed by atoms with Crippen LogP contribution in [-0.4, -0.2) is 46.8 Å². The second-order valence-electron chi connectivity index (χ2n) is 7.88. The molecule has 3 heterocycles. The van der Waals surface area contributed by atoms with E-state index in [2.05, 4.69) is 25.8 Å². The van der Waals surface area contributed by atoms with Gasteiger partial charge in [0.05, 0.1) is 21.6 Å². The first kappa shape index (κ1) is 17.9. The van der Waals surface area contributed by atoms with Gasteiger partial charge in [0.15, 0.2) is 5.58 Å². The number of amides is 1. The summed E-state index contributed by atoms with van der Waals surface area (Å²) in [7, 11) is 0. The third-order valence-corrected chi connectivity index (χ3v) is 5.72. The number of carbonyl (C=O) groups excluding carboxylic acids is 1. The number of halogens is 2. The highest BCUT2D eigenvalue weighted by molar-refractivity contribution is 9.10. The number of hydrogen-bond donors (Lipinski definition) is 0. The van der Waals surface area contributed by atoms with Crippen molar-refractivity contribution < 1.29 is 13.9 Å². The maximum atomic E-state index is 12.6. The number of piperazine rings is 1. The molecule has 2 aromatic rings. The fraction of sp³-hybridized carbons (Fsp3) is 0.556. The summed E-state index contributed by atoms with van der Waals surface area (Å²) in [4.78, 5) is 21.2. The van der Waals surface area contributed by atoms with Crippen LogP contribution in [0.4, 0.5) is 10.8 Å². The highest BCUT2D eigenvalue weighted by Gasteiger charge is 2.45. The van der Waals surface area contributed by atoms with Crippen LogP contribution >= 0.6 is 27.5 Å². The van der Waals surface area contributed by atoms with E-state index in [9.17, 15) is 4.79 Å². The van der Waals surface area contributed by atoms with Crippen LogP contribution in [0.25, 0.3) is 11.1 Å². The number of rotatable bonds is 1. The van der Waals surface area contributed by atoms with E-state index in [1.807, 2.05) is 31.7 Å². The monoisotopic (exact) mass is 441 g/mol. The highest BCUT2D eigenvalue weighted by Crippen LogP contribution is 2.37. The fourth-order valence-corrected chi connectivity index (χ4v) is 4.33. The SMILES string of the molecule is CC(C)(C)OC(=O)N1C2CCC1CN(c1nc3c(Cl)ccc(Br)c3o1)C2. The summed E-state index contributed by atoms with van der Waals surface area (Å²) in [6, 6.07) is 4.42. The number of carbonyl (C=O) groups is 1. The average molecular weight is 443 g/mol. The first-order valence-corrected chi connectivity index (χ1v) is 9.91. The van der Waals surface area contributed by atoms with Gasteiger partial charge >= 0.3 is 6.09 Å². The predicted octanol–water partition coefficient (Wildman–Crippen LogP) is 4.83. The molecule has 26 heavy (non-hydrogen) atoms. The lowest BCUT2D eigenvalue weighted by molar-refractivity contribution is 0.0120. The maximum Gasteiger partial charge on any atom is 0.410 e. The van der Waals surface area contributed by atoms with Gasteiger partial charge in [-0.25, -0.2) is 4.79 Å². The number of ether oxygens (including phenoxy) is 1. The van der Waals surface area contributed by atoms with Gasteiger partial charge in [-0.15, -0.1) is 0 Å². The Kier molecular flexibility index (Phi) is 4.34. The van der Waals surface area contributed by atoms with E-state index < -0.39 is 5.60 Å². The van der Waals surface area contributed by atoms with Gasteiger partial charge in [-0.05, 0) is 61.7 Å². The largest absolute Gasteiger partial charge is 0.444 e. The minimum absolute atomic E-state index is 0.109. The summed E-state index contributed by atoms with van der Waals surface area (Å²) in [5, 5.41) is 0.563. The molecule has 2 atom stereocenters. The molecule has 1 amide bonds. The van der Waals surface area contributed by atoms with Crippen molar-refractivity contribution in [1.29, 1.82) is 0 Å². The quantitative estimate of drug-likeness (QED) is 0.633. The van der Waals surface area contributed by atoms with E-state index >= 15 is 0 Å². The molecule has 0 N–H and O–H groups in total. The normalized spacial score (nSPS) is 23.0. The smallest absolute Gasteiger partial charge is 0.410 e. The van der Waals surface area contributed by atoms with Crippen LogP contribution in [0.2, 0.25) is 5.02 Å². The molecule has 2 unspecified atom stereocenters. The van der Waals surface area contributed by atoms with E-state index in [1.54, 1.807) is 6.07 Å². The Bertz CT molecular complexity index is 810. The molecule has 140 valence electrons. The van der Waals surface area contributed by atoms with Crippen molar-refractivity contribution in [2.75, 3.05) is 18.0 Å². The number of aromatic nitrogens is 1. The van der Waals surface area contributed by atoms with Gasteiger partial charge in [-0.2, -0.15) is 4.98 Å². The fourth-order valence-electron chi connectivity index (χ4n) is 3.74. The maximum absolute atomic E-state index is 12.6. The standard InChI is InChI=1S/C18H21BrClN3O3/c1-18(2,3)26-17(24)23-10-4-5-11(23)9-22(8-10)16-21-14-13(20)7-6-12(19)15(14)25-16/h6-7,10-11H,4-5,8-9H2,1-3H3. The Labute approximate surface area is 165 Å². The van der Waals surface area contributed by atoms with Crippen molar-refractivity contribution in [3.8, 4) is 0 Å². The summed E-state index contributed by atoms with van der Waals surface area (Å²) >= 11 is 9.73. The van der Waals surface area contributed by atoms with Crippen LogP contribution in [0, 0.1) is 0 Å². The van der Waals surface area contributed by atoms with Gasteiger partial charge in [0.2, 0.25) is 0 Å². The second-order valence-corrected chi connectivity index (χ2v) is 9.14. The average Bonchev–Trinajstić information content (AvgIpc) is 3.10. The van der Waals surface area contributed by atoms with Gasteiger partial charge in [0, 0.05) is 13.1 Å². The third-order valence-electron chi connectivity index (χ3n) is 4.79. The summed E-state index contributed by atoms with van der Waals surface area (Å²) in [5.41, 5.74) is 0.809. The third kappa shape index (κ3) is 3.16. The van der Waals surface area contributed by atoms with Crippen molar-refractivity contribution >= 4 is 50.7 Å². The Balaban J connectivity index is 1.57. The van der Waals surface area contributed by atoms with Crippen molar-refractivity contribution in [3.63, 3.8) is 0 Å². The van der Waals surface area contributed by atoms with Gasteiger partial charge in [-0.3, -0.25) is 4.90 Å². The lowest BCUT2D eigenvalue weighted by Crippen LogP contribution is -2.56. The first-order chi connectivity index (χ1) is 12.2. The molecule has 2 saturated heterocycles. The molecule has 0 spiro atoms. The molecule has 8 heteroatoms. The molecule has 2 aliphatic rings. The zero-order valence-electron chi connectivity index (χ0n) is 15.0. The molecule has 6 nitrogen and oxygen atoms in total.